The van der Waals surface area contributed by atoms with Crippen LogP contribution in [-0.2, 0) is 11.2 Å². The van der Waals surface area contributed by atoms with Gasteiger partial charge in [-0.1, -0.05) is 13.0 Å². The molecule has 180 valence electrons. The van der Waals surface area contributed by atoms with Crippen molar-refractivity contribution in [3.05, 3.63) is 53.5 Å². The predicted octanol–water partition coefficient (Wildman–Crippen LogP) is 5.75. The molecule has 0 aliphatic carbocycles. The monoisotopic (exact) mass is 482 g/mol. The van der Waals surface area contributed by atoms with Crippen molar-refractivity contribution in [2.45, 2.75) is 69.5 Å². The van der Waals surface area contributed by atoms with E-state index in [2.05, 4.69) is 11.8 Å². The summed E-state index contributed by atoms with van der Waals surface area (Å²) >= 11 is 1.41. The summed E-state index contributed by atoms with van der Waals surface area (Å²) in [7, 11) is 1.63. The van der Waals surface area contributed by atoms with E-state index in [1.807, 2.05) is 24.3 Å². The normalized spacial score (nSPS) is 23.2. The fourth-order valence-corrected chi connectivity index (χ4v) is 6.79. The van der Waals surface area contributed by atoms with E-state index in [0.717, 1.165) is 52.6 Å². The van der Waals surface area contributed by atoms with Gasteiger partial charge in [0.15, 0.2) is 11.5 Å². The second kappa shape index (κ2) is 10.0. The molecule has 2 aromatic carbocycles. The fraction of sp³-hybridized carbons (Fsp3) is 0.481. The topological polar surface area (TPSA) is 51.7 Å². The minimum absolute atomic E-state index is 0.196. The second-order valence-corrected chi connectivity index (χ2v) is 10.2. The quantitative estimate of drug-likeness (QED) is 0.363. The minimum atomic E-state index is -0.196. The number of hydrogen-bond acceptors (Lipinski definition) is 6. The highest BCUT2D eigenvalue weighted by molar-refractivity contribution is 7.13. The zero-order valence-electron chi connectivity index (χ0n) is 19.7. The standard InChI is InChI=1S/C27H31FN2O3S/c1-3-20(16-33-24-9-4-17(10-11-31)12-25(24)32-2)30-21-6-7-22(30)14-18(13-21)27-23-8-5-19(28)15-26(23)34-29-27/h4-5,8-9,11-12,15,18,20-22H,3,6-7,10,13-14,16H2,1-2H3. The lowest BCUT2D eigenvalue weighted by Gasteiger charge is -2.43. The van der Waals surface area contributed by atoms with Gasteiger partial charge in [-0.05, 0) is 79.5 Å². The van der Waals surface area contributed by atoms with Gasteiger partial charge in [0.05, 0.1) is 17.5 Å². The van der Waals surface area contributed by atoms with E-state index in [1.165, 1.54) is 24.4 Å². The first-order valence-corrected chi connectivity index (χ1v) is 12.9. The van der Waals surface area contributed by atoms with Crippen LogP contribution in [0.5, 0.6) is 11.5 Å². The lowest BCUT2D eigenvalue weighted by atomic mass is 9.85. The van der Waals surface area contributed by atoms with Crippen LogP contribution in [0, 0.1) is 5.82 Å². The molecule has 3 atom stereocenters. The molecule has 3 unspecified atom stereocenters. The van der Waals surface area contributed by atoms with Gasteiger partial charge in [0.2, 0.25) is 0 Å². The Hall–Kier alpha value is -2.51. The fourth-order valence-electron chi connectivity index (χ4n) is 5.91. The number of aldehydes is 1. The van der Waals surface area contributed by atoms with E-state index < -0.39 is 0 Å². The van der Waals surface area contributed by atoms with Gasteiger partial charge < -0.3 is 14.3 Å². The molecule has 3 aromatic rings. The highest BCUT2D eigenvalue weighted by Gasteiger charge is 2.44. The summed E-state index contributed by atoms with van der Waals surface area (Å²) < 4.78 is 31.1. The van der Waals surface area contributed by atoms with Crippen LogP contribution in [0.1, 0.15) is 56.2 Å². The van der Waals surface area contributed by atoms with Crippen LogP contribution in [0.2, 0.25) is 0 Å². The molecule has 1 aromatic heterocycles. The van der Waals surface area contributed by atoms with Crippen LogP contribution < -0.4 is 9.47 Å². The number of fused-ring (bicyclic) bond motifs is 3. The molecule has 5 rings (SSSR count). The summed E-state index contributed by atoms with van der Waals surface area (Å²) in [6.45, 7) is 2.84. The molecule has 0 radical (unpaired) electrons. The van der Waals surface area contributed by atoms with Crippen molar-refractivity contribution in [2.75, 3.05) is 13.7 Å². The number of ether oxygens (including phenoxy) is 2. The van der Waals surface area contributed by atoms with Gasteiger partial charge in [-0.25, -0.2) is 4.39 Å². The lowest BCUT2D eigenvalue weighted by Crippen LogP contribution is -2.50. The highest BCUT2D eigenvalue weighted by atomic mass is 32.1. The Kier molecular flexibility index (Phi) is 6.84. The molecule has 2 saturated heterocycles. The Balaban J connectivity index is 1.28. The third kappa shape index (κ3) is 4.43. The van der Waals surface area contributed by atoms with Crippen LogP contribution in [-0.4, -0.2) is 47.4 Å². The number of aromatic nitrogens is 1. The van der Waals surface area contributed by atoms with Crippen molar-refractivity contribution in [1.29, 1.82) is 0 Å². The first-order valence-electron chi connectivity index (χ1n) is 12.2. The number of hydrogen-bond donors (Lipinski definition) is 0. The number of rotatable bonds is 9. The number of carbonyl (C=O) groups is 1. The highest BCUT2D eigenvalue weighted by Crippen LogP contribution is 2.46. The Morgan fingerprint density at radius 3 is 2.68 bits per heavy atom. The van der Waals surface area contributed by atoms with Gasteiger partial charge in [-0.3, -0.25) is 4.90 Å². The van der Waals surface area contributed by atoms with E-state index in [-0.39, 0.29) is 5.82 Å². The van der Waals surface area contributed by atoms with Crippen LogP contribution in [0.4, 0.5) is 4.39 Å². The predicted molar refractivity (Wildman–Crippen MR) is 133 cm³/mol. The van der Waals surface area contributed by atoms with E-state index in [0.29, 0.717) is 42.8 Å². The van der Waals surface area contributed by atoms with Gasteiger partial charge in [-0.2, -0.15) is 4.37 Å². The maximum Gasteiger partial charge on any atom is 0.161 e. The third-order valence-corrected chi connectivity index (χ3v) is 8.33. The first kappa shape index (κ1) is 23.2. The number of halogens is 1. The van der Waals surface area contributed by atoms with E-state index in [4.69, 9.17) is 13.8 Å². The number of carbonyl (C=O) groups excluding carboxylic acids is 1. The van der Waals surface area contributed by atoms with Crippen molar-refractivity contribution < 1.29 is 18.7 Å². The van der Waals surface area contributed by atoms with Crippen LogP contribution in [0.3, 0.4) is 0 Å². The molecule has 5 nitrogen and oxygen atoms in total. The van der Waals surface area contributed by atoms with Gasteiger partial charge >= 0.3 is 0 Å². The molecule has 2 aliphatic heterocycles. The zero-order valence-corrected chi connectivity index (χ0v) is 20.5. The lowest BCUT2D eigenvalue weighted by molar-refractivity contribution is -0.107. The molecule has 2 bridgehead atoms. The number of piperidine rings is 1. The van der Waals surface area contributed by atoms with Crippen LogP contribution in [0.25, 0.3) is 10.1 Å². The Bertz CT molecular complexity index is 1150. The van der Waals surface area contributed by atoms with Crippen LogP contribution in [0.15, 0.2) is 36.4 Å². The molecule has 2 fully saturated rings. The van der Waals surface area contributed by atoms with Gasteiger partial charge in [0, 0.05) is 35.9 Å². The van der Waals surface area contributed by atoms with Gasteiger partial charge in [-0.15, -0.1) is 0 Å². The minimum Gasteiger partial charge on any atom is -0.493 e. The van der Waals surface area contributed by atoms with E-state index >= 15 is 0 Å². The summed E-state index contributed by atoms with van der Waals surface area (Å²) in [4.78, 5) is 13.5. The van der Waals surface area contributed by atoms with Crippen molar-refractivity contribution in [3.63, 3.8) is 0 Å². The Labute approximate surface area is 204 Å². The average Bonchev–Trinajstić information content (AvgIpc) is 3.37. The Morgan fingerprint density at radius 1 is 1.18 bits per heavy atom. The molecule has 0 amide bonds. The SMILES string of the molecule is CCC(COc1ccc(CC=O)cc1OC)N1C2CCC1CC(c1nsc3cc(F)ccc13)C2. The van der Waals surface area contributed by atoms with Crippen molar-refractivity contribution in [2.24, 2.45) is 0 Å². The largest absolute Gasteiger partial charge is 0.493 e. The van der Waals surface area contributed by atoms with Gasteiger partial charge in [0.1, 0.15) is 18.7 Å². The average molecular weight is 483 g/mol. The van der Waals surface area contributed by atoms with Crippen LogP contribution >= 0.6 is 11.5 Å². The molecular weight excluding hydrogens is 451 g/mol. The molecule has 0 saturated carbocycles. The number of nitrogens with zero attached hydrogens (tertiary/aromatic N) is 2. The van der Waals surface area contributed by atoms with E-state index in [9.17, 15) is 9.18 Å². The summed E-state index contributed by atoms with van der Waals surface area (Å²) in [6, 6.07) is 12.1. The smallest absolute Gasteiger partial charge is 0.161 e. The summed E-state index contributed by atoms with van der Waals surface area (Å²) in [5.41, 5.74) is 2.07. The Morgan fingerprint density at radius 2 is 1.97 bits per heavy atom. The molecule has 0 spiro atoms. The number of benzene rings is 2. The summed E-state index contributed by atoms with van der Waals surface area (Å²) in [6.07, 6.45) is 6.88. The number of methoxy groups -OCH3 is 1. The molecule has 3 heterocycles. The van der Waals surface area contributed by atoms with Crippen molar-refractivity contribution in [3.8, 4) is 11.5 Å². The zero-order chi connectivity index (χ0) is 23.7. The van der Waals surface area contributed by atoms with E-state index in [1.54, 1.807) is 19.2 Å². The molecule has 2 aliphatic rings. The molecule has 0 N–H and O–H groups in total. The third-order valence-electron chi connectivity index (χ3n) is 7.51. The van der Waals surface area contributed by atoms with Crippen molar-refractivity contribution in [1.82, 2.24) is 9.27 Å². The van der Waals surface area contributed by atoms with Gasteiger partial charge in [0.25, 0.3) is 0 Å². The molecule has 7 heteroatoms. The second-order valence-electron chi connectivity index (χ2n) is 9.44. The summed E-state index contributed by atoms with van der Waals surface area (Å²) in [5.74, 6) is 1.62. The maximum absolute atomic E-state index is 13.6. The summed E-state index contributed by atoms with van der Waals surface area (Å²) in [5, 5.41) is 1.12. The van der Waals surface area contributed by atoms with Crippen molar-refractivity contribution >= 4 is 27.9 Å². The first-order chi connectivity index (χ1) is 16.6. The molecule has 34 heavy (non-hydrogen) atoms. The maximum atomic E-state index is 13.6. The molecular formula is C27H31FN2O3S.